The van der Waals surface area contributed by atoms with E-state index in [1.54, 1.807) is 29.0 Å². The zero-order chi connectivity index (χ0) is 26.5. The van der Waals surface area contributed by atoms with Gasteiger partial charge in [0.05, 0.1) is 30.6 Å². The molecule has 3 heterocycles. The average molecular weight is 555 g/mol. The number of likely N-dealkylation sites (N-methyl/N-ethyl adjacent to an activating group) is 1. The summed E-state index contributed by atoms with van der Waals surface area (Å²) in [5, 5.41) is 10.3. The first-order chi connectivity index (χ1) is 16.3. The van der Waals surface area contributed by atoms with Gasteiger partial charge in [0.15, 0.2) is 0 Å². The van der Waals surface area contributed by atoms with Gasteiger partial charge in [0.1, 0.15) is 11.6 Å². The predicted octanol–water partition coefficient (Wildman–Crippen LogP) is 2.21. The molecule has 3 amide bonds. The van der Waals surface area contributed by atoms with Gasteiger partial charge in [-0.05, 0) is 33.1 Å². The van der Waals surface area contributed by atoms with Crippen molar-refractivity contribution in [3.8, 4) is 0 Å². The van der Waals surface area contributed by atoms with Crippen LogP contribution in [0.5, 0.6) is 0 Å². The fourth-order valence-corrected chi connectivity index (χ4v) is 7.06. The predicted molar refractivity (Wildman–Crippen MR) is 138 cm³/mol. The van der Waals surface area contributed by atoms with Crippen molar-refractivity contribution in [3.05, 3.63) is 25.3 Å². The Hall–Kier alpha value is -1.71. The molecule has 3 aliphatic rings. The Bertz CT molecular complexity index is 887. The molecule has 196 valence electrons. The first kappa shape index (κ1) is 27.9. The molecular weight excluding hydrogens is 514 g/mol. The van der Waals surface area contributed by atoms with Crippen molar-refractivity contribution in [1.82, 2.24) is 14.7 Å². The molecule has 3 rings (SSSR count). The van der Waals surface area contributed by atoms with Crippen molar-refractivity contribution < 1.29 is 24.2 Å². The number of carbonyl (C=O) groups excluding carboxylic acids is 3. The van der Waals surface area contributed by atoms with Crippen LogP contribution in [-0.4, -0.2) is 98.4 Å². The summed E-state index contributed by atoms with van der Waals surface area (Å²) in [4.78, 5) is 46.7. The van der Waals surface area contributed by atoms with E-state index in [0.29, 0.717) is 19.5 Å². The maximum absolute atomic E-state index is 14.3. The number of carbonyl (C=O) groups is 3. The minimum atomic E-state index is -1.16. The lowest BCUT2D eigenvalue weighted by Crippen LogP contribution is -2.62. The number of rotatable bonds is 9. The molecule has 3 saturated heterocycles. The van der Waals surface area contributed by atoms with Gasteiger partial charge in [-0.2, -0.15) is 0 Å². The van der Waals surface area contributed by atoms with Crippen molar-refractivity contribution in [2.75, 3.05) is 26.7 Å². The number of aliphatic hydroxyl groups is 1. The summed E-state index contributed by atoms with van der Waals surface area (Å²) in [5.74, 6) is -2.37. The zero-order valence-electron chi connectivity index (χ0n) is 21.7. The summed E-state index contributed by atoms with van der Waals surface area (Å²) < 4.78 is 6.57. The molecule has 9 heteroatoms. The quantitative estimate of drug-likeness (QED) is 0.349. The molecular formula is C26H40BrN3O5. The Morgan fingerprint density at radius 3 is 2.34 bits per heavy atom. The number of hydrogen-bond acceptors (Lipinski definition) is 5. The number of likely N-dealkylation sites (tertiary alicyclic amines) is 1. The van der Waals surface area contributed by atoms with Crippen LogP contribution in [0.15, 0.2) is 25.3 Å². The van der Waals surface area contributed by atoms with Gasteiger partial charge in [-0.25, -0.2) is 0 Å². The lowest BCUT2D eigenvalue weighted by molar-refractivity contribution is -0.155. The molecule has 0 aliphatic carbocycles. The highest BCUT2D eigenvalue weighted by Crippen LogP contribution is 2.61. The zero-order valence-corrected chi connectivity index (χ0v) is 23.3. The molecule has 0 aromatic carbocycles. The van der Waals surface area contributed by atoms with Crippen molar-refractivity contribution >= 4 is 33.7 Å². The van der Waals surface area contributed by atoms with Crippen molar-refractivity contribution in [2.24, 2.45) is 17.8 Å². The molecule has 3 fully saturated rings. The fraction of sp³-hybridized carbons (Fsp3) is 0.731. The second kappa shape index (κ2) is 9.98. The Kier molecular flexibility index (Phi) is 7.95. The molecule has 0 radical (unpaired) electrons. The van der Waals surface area contributed by atoms with Crippen LogP contribution in [0.3, 0.4) is 0 Å². The van der Waals surface area contributed by atoms with Crippen LogP contribution < -0.4 is 0 Å². The minimum Gasteiger partial charge on any atom is -0.394 e. The Morgan fingerprint density at radius 2 is 1.86 bits per heavy atom. The maximum Gasteiger partial charge on any atom is 0.249 e. The van der Waals surface area contributed by atoms with Gasteiger partial charge in [0.25, 0.3) is 0 Å². The molecule has 0 saturated carbocycles. The maximum atomic E-state index is 14.3. The normalized spacial score (nSPS) is 32.5. The summed E-state index contributed by atoms with van der Waals surface area (Å²) in [6.07, 6.45) is 3.22. The molecule has 0 aromatic heterocycles. The molecule has 1 N–H and O–H groups in total. The van der Waals surface area contributed by atoms with Crippen molar-refractivity contribution in [1.29, 1.82) is 0 Å². The summed E-state index contributed by atoms with van der Waals surface area (Å²) in [6.45, 7) is 17.5. The summed E-state index contributed by atoms with van der Waals surface area (Å²) in [7, 11) is 1.68. The third kappa shape index (κ3) is 4.37. The fourth-order valence-electron chi connectivity index (χ4n) is 6.12. The number of halogens is 1. The number of alkyl halides is 1. The van der Waals surface area contributed by atoms with E-state index in [1.165, 1.54) is 4.90 Å². The first-order valence-electron chi connectivity index (χ1n) is 12.3. The number of amides is 3. The van der Waals surface area contributed by atoms with E-state index in [1.807, 2.05) is 34.6 Å². The van der Waals surface area contributed by atoms with E-state index in [9.17, 15) is 19.5 Å². The van der Waals surface area contributed by atoms with Crippen LogP contribution in [0.1, 0.15) is 41.0 Å². The second-order valence-electron chi connectivity index (χ2n) is 11.3. The van der Waals surface area contributed by atoms with Gasteiger partial charge >= 0.3 is 0 Å². The van der Waals surface area contributed by atoms with Crippen LogP contribution in [0.4, 0.5) is 0 Å². The molecule has 7 atom stereocenters. The van der Waals surface area contributed by atoms with Gasteiger partial charge in [-0.3, -0.25) is 14.4 Å². The monoisotopic (exact) mass is 553 g/mol. The third-order valence-corrected chi connectivity index (χ3v) is 8.57. The standard InChI is InChI=1S/C26H40BrN3O5/c1-9-11-28(8)22(32)18-19-23(33)30(17(14-31)15(3)4)21(26(19)13-16(27)20(18)35-26)24(34)29(12-10-2)25(5,6)7/h9-10,15-21,31H,1-2,11-14H2,3-8H3/t16?,17-,18+,19-,20+,21?,26?/m0/s1. The molecule has 35 heavy (non-hydrogen) atoms. The van der Waals surface area contributed by atoms with Gasteiger partial charge in [-0.15, -0.1) is 13.2 Å². The van der Waals surface area contributed by atoms with Gasteiger partial charge in [-0.1, -0.05) is 41.9 Å². The van der Waals surface area contributed by atoms with Crippen LogP contribution in [0.25, 0.3) is 0 Å². The van der Waals surface area contributed by atoms with E-state index in [0.717, 1.165) is 0 Å². The number of fused-ring (bicyclic) bond motifs is 1. The molecule has 0 aromatic rings. The van der Waals surface area contributed by atoms with E-state index < -0.39 is 41.2 Å². The van der Waals surface area contributed by atoms with E-state index in [4.69, 9.17) is 4.74 Å². The SMILES string of the molecule is C=CCN(C)C(=O)[C@H]1[C@@H]2OC3(CC2Br)C(C(=O)N(CC=C)C(C)(C)C)N([C@@H](CO)C(C)C)C(=O)[C@H]13. The van der Waals surface area contributed by atoms with E-state index in [-0.39, 0.29) is 35.1 Å². The Labute approximate surface area is 217 Å². The minimum absolute atomic E-state index is 0.105. The van der Waals surface area contributed by atoms with Crippen LogP contribution >= 0.6 is 15.9 Å². The first-order valence-corrected chi connectivity index (χ1v) is 13.2. The lowest BCUT2D eigenvalue weighted by Gasteiger charge is -2.44. The Balaban J connectivity index is 2.18. The van der Waals surface area contributed by atoms with Crippen LogP contribution in [-0.2, 0) is 19.1 Å². The number of hydrogen-bond donors (Lipinski definition) is 1. The van der Waals surface area contributed by atoms with Gasteiger partial charge in [0.2, 0.25) is 17.7 Å². The summed E-state index contributed by atoms with van der Waals surface area (Å²) in [5.41, 5.74) is -1.69. The Morgan fingerprint density at radius 1 is 1.26 bits per heavy atom. The summed E-state index contributed by atoms with van der Waals surface area (Å²) >= 11 is 3.69. The van der Waals surface area contributed by atoms with Gasteiger partial charge in [0, 0.05) is 30.5 Å². The van der Waals surface area contributed by atoms with E-state index >= 15 is 0 Å². The molecule has 1 spiro atoms. The number of aliphatic hydroxyl groups excluding tert-OH is 1. The highest BCUT2D eigenvalue weighted by Gasteiger charge is 2.77. The topological polar surface area (TPSA) is 90.4 Å². The third-order valence-electron chi connectivity index (χ3n) is 7.73. The molecule has 3 unspecified atom stereocenters. The van der Waals surface area contributed by atoms with Crippen LogP contribution in [0, 0.1) is 17.8 Å². The second-order valence-corrected chi connectivity index (χ2v) is 12.5. The largest absolute Gasteiger partial charge is 0.394 e. The molecule has 8 nitrogen and oxygen atoms in total. The van der Waals surface area contributed by atoms with E-state index in [2.05, 4.69) is 29.1 Å². The molecule has 2 bridgehead atoms. The van der Waals surface area contributed by atoms with Crippen LogP contribution in [0.2, 0.25) is 0 Å². The lowest BCUT2D eigenvalue weighted by atomic mass is 9.70. The highest BCUT2D eigenvalue weighted by molar-refractivity contribution is 9.09. The molecule has 3 aliphatic heterocycles. The smallest absolute Gasteiger partial charge is 0.249 e. The summed E-state index contributed by atoms with van der Waals surface area (Å²) in [6, 6.07) is -1.54. The average Bonchev–Trinajstić information content (AvgIpc) is 3.35. The number of nitrogens with zero attached hydrogens (tertiary/aromatic N) is 3. The van der Waals surface area contributed by atoms with Crippen molar-refractivity contribution in [2.45, 2.75) is 75.2 Å². The van der Waals surface area contributed by atoms with Crippen molar-refractivity contribution in [3.63, 3.8) is 0 Å². The van der Waals surface area contributed by atoms with Gasteiger partial charge < -0.3 is 24.5 Å². The number of ether oxygens (including phenoxy) is 1. The highest BCUT2D eigenvalue weighted by atomic mass is 79.9.